The molecular weight excluding hydrogens is 216 g/mol. The molecule has 0 aromatic carbocycles. The Morgan fingerprint density at radius 2 is 2.20 bits per heavy atom. The van der Waals surface area contributed by atoms with Crippen LogP contribution >= 0.6 is 0 Å². The smallest absolute Gasteiger partial charge is 0.150 e. The summed E-state index contributed by atoms with van der Waals surface area (Å²) in [5, 5.41) is 13.7. The van der Waals surface area contributed by atoms with Crippen molar-refractivity contribution in [1.29, 1.82) is 0 Å². The van der Waals surface area contributed by atoms with Crippen molar-refractivity contribution in [2.24, 2.45) is 7.05 Å². The molecule has 15 heavy (non-hydrogen) atoms. The van der Waals surface area contributed by atoms with Crippen LogP contribution in [-0.4, -0.2) is 41.4 Å². The SMILES string of the molecule is Cc1cc(CC(O)CS(C)(=O)=O)n(C)n1. The van der Waals surface area contributed by atoms with Gasteiger partial charge in [0.05, 0.1) is 17.6 Å². The Hall–Kier alpha value is -0.880. The van der Waals surface area contributed by atoms with Crippen molar-refractivity contribution >= 4 is 9.84 Å². The maximum Gasteiger partial charge on any atom is 0.150 e. The lowest BCUT2D eigenvalue weighted by molar-refractivity contribution is 0.195. The zero-order valence-electron chi connectivity index (χ0n) is 9.14. The number of hydrogen-bond acceptors (Lipinski definition) is 4. The number of hydrogen-bond donors (Lipinski definition) is 1. The second-order valence-electron chi connectivity index (χ2n) is 3.85. The molecule has 0 spiro atoms. The van der Waals surface area contributed by atoms with E-state index in [4.69, 9.17) is 0 Å². The molecule has 0 aliphatic carbocycles. The lowest BCUT2D eigenvalue weighted by atomic mass is 10.2. The number of aliphatic hydroxyl groups excluding tert-OH is 1. The predicted octanol–water partition coefficient (Wildman–Crippen LogP) is -0.323. The van der Waals surface area contributed by atoms with Crippen LogP contribution in [0.2, 0.25) is 0 Å². The predicted molar refractivity (Wildman–Crippen MR) is 57.4 cm³/mol. The molecule has 0 saturated carbocycles. The normalized spacial score (nSPS) is 14.1. The van der Waals surface area contributed by atoms with Crippen molar-refractivity contribution in [3.8, 4) is 0 Å². The Morgan fingerprint density at radius 3 is 2.60 bits per heavy atom. The van der Waals surface area contributed by atoms with Gasteiger partial charge in [0.1, 0.15) is 9.84 Å². The van der Waals surface area contributed by atoms with Gasteiger partial charge in [-0.25, -0.2) is 8.42 Å². The third-order valence-corrected chi connectivity index (χ3v) is 3.03. The summed E-state index contributed by atoms with van der Waals surface area (Å²) in [6.07, 6.45) is 0.560. The first kappa shape index (κ1) is 12.2. The molecule has 1 atom stereocenters. The van der Waals surface area contributed by atoms with E-state index in [1.54, 1.807) is 11.7 Å². The van der Waals surface area contributed by atoms with E-state index in [2.05, 4.69) is 5.10 Å². The molecule has 1 aromatic heterocycles. The summed E-state index contributed by atoms with van der Waals surface area (Å²) >= 11 is 0. The Morgan fingerprint density at radius 1 is 1.60 bits per heavy atom. The number of aliphatic hydroxyl groups is 1. The lowest BCUT2D eigenvalue weighted by Crippen LogP contribution is -2.23. The molecule has 6 heteroatoms. The van der Waals surface area contributed by atoms with Gasteiger partial charge in [0, 0.05) is 25.4 Å². The molecule has 1 rings (SSSR count). The van der Waals surface area contributed by atoms with E-state index in [0.29, 0.717) is 6.42 Å². The van der Waals surface area contributed by atoms with Gasteiger partial charge in [-0.1, -0.05) is 0 Å². The summed E-state index contributed by atoms with van der Waals surface area (Å²) in [7, 11) is -1.36. The first-order valence-electron chi connectivity index (χ1n) is 4.63. The van der Waals surface area contributed by atoms with Crippen LogP contribution in [0.25, 0.3) is 0 Å². The molecule has 1 N–H and O–H groups in total. The molecule has 0 amide bonds. The fourth-order valence-corrected chi connectivity index (χ4v) is 2.32. The highest BCUT2D eigenvalue weighted by Gasteiger charge is 2.14. The Balaban J connectivity index is 2.66. The third kappa shape index (κ3) is 4.01. The minimum atomic E-state index is -3.13. The van der Waals surface area contributed by atoms with Crippen molar-refractivity contribution in [2.45, 2.75) is 19.4 Å². The van der Waals surface area contributed by atoms with Crippen LogP contribution in [0.5, 0.6) is 0 Å². The van der Waals surface area contributed by atoms with Crippen LogP contribution in [0.1, 0.15) is 11.4 Å². The standard InChI is InChI=1S/C9H16N2O3S/c1-7-4-8(11(2)10-7)5-9(12)6-15(3,13)14/h4,9,12H,5-6H2,1-3H3. The molecule has 5 nitrogen and oxygen atoms in total. The largest absolute Gasteiger partial charge is 0.392 e. The molecule has 86 valence electrons. The summed E-state index contributed by atoms with van der Waals surface area (Å²) in [4.78, 5) is 0. The summed E-state index contributed by atoms with van der Waals surface area (Å²) < 4.78 is 23.5. The van der Waals surface area contributed by atoms with E-state index in [0.717, 1.165) is 17.6 Å². The van der Waals surface area contributed by atoms with Gasteiger partial charge in [0.15, 0.2) is 0 Å². The number of rotatable bonds is 4. The minimum absolute atomic E-state index is 0.211. The van der Waals surface area contributed by atoms with Crippen LogP contribution in [0.15, 0.2) is 6.07 Å². The van der Waals surface area contributed by atoms with Crippen LogP contribution in [-0.2, 0) is 23.3 Å². The molecular formula is C9H16N2O3S. The zero-order valence-corrected chi connectivity index (χ0v) is 9.95. The number of aromatic nitrogens is 2. The number of aryl methyl sites for hydroxylation is 2. The molecule has 1 aromatic rings. The average Bonchev–Trinajstić information content (AvgIpc) is 2.25. The summed E-state index contributed by atoms with van der Waals surface area (Å²) in [6, 6.07) is 1.84. The highest BCUT2D eigenvalue weighted by Crippen LogP contribution is 2.06. The summed E-state index contributed by atoms with van der Waals surface area (Å²) in [5.41, 5.74) is 1.70. The molecule has 1 heterocycles. The van der Waals surface area contributed by atoms with Gasteiger partial charge in [0.2, 0.25) is 0 Å². The first-order chi connectivity index (χ1) is 6.78. The second kappa shape index (κ2) is 4.32. The summed E-state index contributed by atoms with van der Waals surface area (Å²) in [6.45, 7) is 1.85. The van der Waals surface area contributed by atoms with Crippen LogP contribution in [0.4, 0.5) is 0 Å². The molecule has 0 aliphatic heterocycles. The van der Waals surface area contributed by atoms with Gasteiger partial charge in [-0.15, -0.1) is 0 Å². The molecule has 1 unspecified atom stereocenters. The van der Waals surface area contributed by atoms with E-state index in [-0.39, 0.29) is 5.75 Å². The lowest BCUT2D eigenvalue weighted by Gasteiger charge is -2.08. The van der Waals surface area contributed by atoms with Crippen LogP contribution in [0, 0.1) is 6.92 Å². The maximum absolute atomic E-state index is 10.9. The van der Waals surface area contributed by atoms with Crippen LogP contribution in [0.3, 0.4) is 0 Å². The fourth-order valence-electron chi connectivity index (χ4n) is 1.51. The van der Waals surface area contributed by atoms with E-state index in [1.807, 2.05) is 13.0 Å². The molecule has 0 fully saturated rings. The fraction of sp³-hybridized carbons (Fsp3) is 0.667. The van der Waals surface area contributed by atoms with Crippen molar-refractivity contribution in [3.63, 3.8) is 0 Å². The third-order valence-electron chi connectivity index (χ3n) is 2.04. The van der Waals surface area contributed by atoms with Gasteiger partial charge in [0.25, 0.3) is 0 Å². The highest BCUT2D eigenvalue weighted by atomic mass is 32.2. The Kier molecular flexibility index (Phi) is 3.51. The van der Waals surface area contributed by atoms with Gasteiger partial charge in [-0.05, 0) is 13.0 Å². The number of nitrogens with zero attached hydrogens (tertiary/aromatic N) is 2. The van der Waals surface area contributed by atoms with E-state index in [9.17, 15) is 13.5 Å². The maximum atomic E-state index is 10.9. The van der Waals surface area contributed by atoms with Gasteiger partial charge >= 0.3 is 0 Å². The van der Waals surface area contributed by atoms with Gasteiger partial charge in [-0.3, -0.25) is 4.68 Å². The van der Waals surface area contributed by atoms with Crippen LogP contribution < -0.4 is 0 Å². The average molecular weight is 232 g/mol. The molecule has 0 aliphatic rings. The highest BCUT2D eigenvalue weighted by molar-refractivity contribution is 7.90. The van der Waals surface area contributed by atoms with Crippen molar-refractivity contribution < 1.29 is 13.5 Å². The molecule has 0 bridgehead atoms. The topological polar surface area (TPSA) is 72.2 Å². The quantitative estimate of drug-likeness (QED) is 0.772. The molecule has 0 saturated heterocycles. The number of sulfone groups is 1. The van der Waals surface area contributed by atoms with E-state index >= 15 is 0 Å². The molecule has 0 radical (unpaired) electrons. The Labute approximate surface area is 89.6 Å². The van der Waals surface area contributed by atoms with Crippen molar-refractivity contribution in [2.75, 3.05) is 12.0 Å². The first-order valence-corrected chi connectivity index (χ1v) is 6.69. The van der Waals surface area contributed by atoms with Crippen molar-refractivity contribution in [3.05, 3.63) is 17.5 Å². The summed E-state index contributed by atoms with van der Waals surface area (Å²) in [5.74, 6) is -0.211. The van der Waals surface area contributed by atoms with E-state index < -0.39 is 15.9 Å². The second-order valence-corrected chi connectivity index (χ2v) is 6.04. The zero-order chi connectivity index (χ0) is 11.6. The van der Waals surface area contributed by atoms with Gasteiger partial charge < -0.3 is 5.11 Å². The van der Waals surface area contributed by atoms with E-state index in [1.165, 1.54) is 0 Å². The minimum Gasteiger partial charge on any atom is -0.392 e. The monoisotopic (exact) mass is 232 g/mol. The Bertz CT molecular complexity index is 436. The van der Waals surface area contributed by atoms with Crippen molar-refractivity contribution in [1.82, 2.24) is 9.78 Å². The van der Waals surface area contributed by atoms with Gasteiger partial charge in [-0.2, -0.15) is 5.10 Å².